The molecule has 0 heterocycles. The number of hydrogen-bond donors (Lipinski definition) is 1. The van der Waals surface area contributed by atoms with Crippen molar-refractivity contribution in [2.75, 3.05) is 4.72 Å². The van der Waals surface area contributed by atoms with Crippen LogP contribution in [0.5, 0.6) is 0 Å². The fraction of sp³-hybridized carbons (Fsp3) is 0.250. The molecule has 0 aliphatic heterocycles. The van der Waals surface area contributed by atoms with Crippen LogP contribution in [0, 0.1) is 5.82 Å². The molecule has 3 nitrogen and oxygen atoms in total. The zero-order chi connectivity index (χ0) is 15.7. The summed E-state index contributed by atoms with van der Waals surface area (Å²) in [5.74, 6) is -0.468. The summed E-state index contributed by atoms with van der Waals surface area (Å²) in [7, 11) is -3.73. The summed E-state index contributed by atoms with van der Waals surface area (Å²) in [6.45, 7) is 6.04. The van der Waals surface area contributed by atoms with Crippen molar-refractivity contribution in [1.29, 1.82) is 0 Å². The van der Waals surface area contributed by atoms with E-state index < -0.39 is 15.8 Å². The zero-order valence-corrected chi connectivity index (χ0v) is 13.0. The summed E-state index contributed by atoms with van der Waals surface area (Å²) in [4.78, 5) is 0.0348. The topological polar surface area (TPSA) is 46.2 Å². The number of anilines is 1. The van der Waals surface area contributed by atoms with Gasteiger partial charge in [-0.1, -0.05) is 39.0 Å². The van der Waals surface area contributed by atoms with Crippen LogP contribution in [0.25, 0.3) is 0 Å². The van der Waals surface area contributed by atoms with Gasteiger partial charge in [0, 0.05) is 0 Å². The quantitative estimate of drug-likeness (QED) is 0.934. The predicted molar refractivity (Wildman–Crippen MR) is 82.4 cm³/mol. The lowest BCUT2D eigenvalue weighted by Gasteiger charge is -2.23. The number of rotatable bonds is 3. The van der Waals surface area contributed by atoms with Gasteiger partial charge in [0.2, 0.25) is 0 Å². The van der Waals surface area contributed by atoms with E-state index >= 15 is 0 Å². The van der Waals surface area contributed by atoms with Crippen molar-refractivity contribution >= 4 is 15.7 Å². The SMILES string of the molecule is CC(C)(C)c1ccccc1NS(=O)(=O)c1ccc(F)cc1. The Morgan fingerprint density at radius 2 is 1.52 bits per heavy atom. The molecule has 21 heavy (non-hydrogen) atoms. The van der Waals surface area contributed by atoms with E-state index in [-0.39, 0.29) is 10.3 Å². The Kier molecular flexibility index (Phi) is 4.05. The molecule has 0 aromatic heterocycles. The Bertz CT molecular complexity index is 732. The van der Waals surface area contributed by atoms with Gasteiger partial charge in [-0.2, -0.15) is 0 Å². The number of halogens is 1. The number of benzene rings is 2. The third kappa shape index (κ3) is 3.61. The number of sulfonamides is 1. The van der Waals surface area contributed by atoms with Crippen molar-refractivity contribution in [1.82, 2.24) is 0 Å². The Hall–Kier alpha value is -1.88. The molecule has 0 atom stereocenters. The smallest absolute Gasteiger partial charge is 0.261 e. The summed E-state index contributed by atoms with van der Waals surface area (Å²) in [6.07, 6.45) is 0. The van der Waals surface area contributed by atoms with Crippen molar-refractivity contribution in [3.8, 4) is 0 Å². The van der Waals surface area contributed by atoms with Gasteiger partial charge in [-0.05, 0) is 41.3 Å². The van der Waals surface area contributed by atoms with E-state index in [1.165, 1.54) is 12.1 Å². The van der Waals surface area contributed by atoms with E-state index in [4.69, 9.17) is 0 Å². The molecule has 0 unspecified atom stereocenters. The summed E-state index contributed by atoms with van der Waals surface area (Å²) in [5, 5.41) is 0. The fourth-order valence-electron chi connectivity index (χ4n) is 2.04. The highest BCUT2D eigenvalue weighted by Gasteiger charge is 2.21. The van der Waals surface area contributed by atoms with E-state index in [0.717, 1.165) is 17.7 Å². The maximum Gasteiger partial charge on any atom is 0.261 e. The van der Waals surface area contributed by atoms with Crippen LogP contribution in [0.2, 0.25) is 0 Å². The van der Waals surface area contributed by atoms with Crippen LogP contribution in [0.15, 0.2) is 53.4 Å². The Morgan fingerprint density at radius 3 is 2.10 bits per heavy atom. The highest BCUT2D eigenvalue weighted by Crippen LogP contribution is 2.30. The molecule has 0 spiro atoms. The minimum absolute atomic E-state index is 0.0348. The van der Waals surface area contributed by atoms with Crippen molar-refractivity contribution in [3.63, 3.8) is 0 Å². The van der Waals surface area contributed by atoms with E-state index in [2.05, 4.69) is 4.72 Å². The molecule has 112 valence electrons. The van der Waals surface area contributed by atoms with Crippen LogP contribution >= 0.6 is 0 Å². The Morgan fingerprint density at radius 1 is 0.952 bits per heavy atom. The summed E-state index contributed by atoms with van der Waals surface area (Å²) in [5.41, 5.74) is 1.24. The summed E-state index contributed by atoms with van der Waals surface area (Å²) in [6, 6.07) is 12.0. The molecule has 0 saturated heterocycles. The van der Waals surface area contributed by atoms with Crippen LogP contribution in [0.4, 0.5) is 10.1 Å². The first-order chi connectivity index (χ1) is 9.70. The van der Waals surface area contributed by atoms with Crippen molar-refractivity contribution in [3.05, 3.63) is 59.9 Å². The molecular weight excluding hydrogens is 289 g/mol. The molecule has 2 rings (SSSR count). The van der Waals surface area contributed by atoms with Gasteiger partial charge >= 0.3 is 0 Å². The van der Waals surface area contributed by atoms with Crippen LogP contribution in [0.3, 0.4) is 0 Å². The standard InChI is InChI=1S/C16H18FNO2S/c1-16(2,3)14-6-4-5-7-15(14)18-21(19,20)13-10-8-12(17)9-11-13/h4-11,18H,1-3H3. The lowest BCUT2D eigenvalue weighted by Crippen LogP contribution is -2.19. The maximum atomic E-state index is 12.9. The molecule has 0 aliphatic rings. The highest BCUT2D eigenvalue weighted by molar-refractivity contribution is 7.92. The molecule has 2 aromatic rings. The highest BCUT2D eigenvalue weighted by atomic mass is 32.2. The number of para-hydroxylation sites is 1. The van der Waals surface area contributed by atoms with Crippen LogP contribution in [0.1, 0.15) is 26.3 Å². The maximum absolute atomic E-state index is 12.9. The third-order valence-electron chi connectivity index (χ3n) is 3.10. The molecule has 5 heteroatoms. The first kappa shape index (κ1) is 15.5. The van der Waals surface area contributed by atoms with Gasteiger partial charge in [-0.15, -0.1) is 0 Å². The van der Waals surface area contributed by atoms with E-state index in [1.807, 2.05) is 32.9 Å². The van der Waals surface area contributed by atoms with Crippen molar-refractivity contribution in [2.24, 2.45) is 0 Å². The van der Waals surface area contributed by atoms with Gasteiger partial charge in [-0.3, -0.25) is 4.72 Å². The summed E-state index contributed by atoms with van der Waals surface area (Å²) < 4.78 is 40.2. The number of hydrogen-bond acceptors (Lipinski definition) is 2. The number of nitrogens with one attached hydrogen (secondary N) is 1. The molecule has 1 N–H and O–H groups in total. The first-order valence-corrected chi connectivity index (χ1v) is 8.06. The Labute approximate surface area is 124 Å². The van der Waals surface area contributed by atoms with Crippen LogP contribution in [-0.2, 0) is 15.4 Å². The van der Waals surface area contributed by atoms with Gasteiger partial charge in [0.25, 0.3) is 10.0 Å². The van der Waals surface area contributed by atoms with Crippen molar-refractivity contribution in [2.45, 2.75) is 31.1 Å². The first-order valence-electron chi connectivity index (χ1n) is 6.58. The lowest BCUT2D eigenvalue weighted by molar-refractivity contribution is 0.590. The van der Waals surface area contributed by atoms with E-state index in [1.54, 1.807) is 12.1 Å². The van der Waals surface area contributed by atoms with Gasteiger partial charge in [-0.25, -0.2) is 12.8 Å². The third-order valence-corrected chi connectivity index (χ3v) is 4.48. The van der Waals surface area contributed by atoms with Crippen LogP contribution in [-0.4, -0.2) is 8.42 Å². The molecule has 2 aromatic carbocycles. The second-order valence-electron chi connectivity index (χ2n) is 5.86. The largest absolute Gasteiger partial charge is 0.279 e. The second-order valence-corrected chi connectivity index (χ2v) is 7.54. The Balaban J connectivity index is 2.40. The molecule has 0 bridgehead atoms. The monoisotopic (exact) mass is 307 g/mol. The molecule has 0 aliphatic carbocycles. The lowest BCUT2D eigenvalue weighted by atomic mass is 9.86. The fourth-order valence-corrected chi connectivity index (χ4v) is 3.12. The summed E-state index contributed by atoms with van der Waals surface area (Å²) >= 11 is 0. The van der Waals surface area contributed by atoms with Gasteiger partial charge in [0.05, 0.1) is 10.6 Å². The second kappa shape index (κ2) is 5.48. The average Bonchev–Trinajstić information content (AvgIpc) is 2.38. The normalized spacial score (nSPS) is 12.2. The van der Waals surface area contributed by atoms with Crippen molar-refractivity contribution < 1.29 is 12.8 Å². The van der Waals surface area contributed by atoms with Gasteiger partial charge < -0.3 is 0 Å². The molecule has 0 radical (unpaired) electrons. The van der Waals surface area contributed by atoms with Gasteiger partial charge in [0.15, 0.2) is 0 Å². The molecular formula is C16H18FNO2S. The van der Waals surface area contributed by atoms with E-state index in [9.17, 15) is 12.8 Å². The zero-order valence-electron chi connectivity index (χ0n) is 12.2. The minimum Gasteiger partial charge on any atom is -0.279 e. The molecule has 0 saturated carbocycles. The predicted octanol–water partition coefficient (Wildman–Crippen LogP) is 3.92. The molecule has 0 amide bonds. The molecule has 0 fully saturated rings. The minimum atomic E-state index is -3.73. The average molecular weight is 307 g/mol. The van der Waals surface area contributed by atoms with E-state index in [0.29, 0.717) is 5.69 Å². The van der Waals surface area contributed by atoms with Gasteiger partial charge in [0.1, 0.15) is 5.82 Å². The van der Waals surface area contributed by atoms with Crippen LogP contribution < -0.4 is 4.72 Å².